The number of aromatic nitrogens is 1. The lowest BCUT2D eigenvalue weighted by Crippen LogP contribution is -2.40. The quantitative estimate of drug-likeness (QED) is 0.693. The van der Waals surface area contributed by atoms with Gasteiger partial charge in [0.05, 0.1) is 12.3 Å². The van der Waals surface area contributed by atoms with E-state index in [4.69, 9.17) is 5.11 Å². The summed E-state index contributed by atoms with van der Waals surface area (Å²) in [5.41, 5.74) is 0. The van der Waals surface area contributed by atoms with Crippen LogP contribution in [0.3, 0.4) is 0 Å². The molecule has 0 spiro atoms. The molecule has 0 bridgehead atoms. The molecule has 0 aliphatic carbocycles. The Kier molecular flexibility index (Phi) is 2.61. The lowest BCUT2D eigenvalue weighted by atomic mass is 10.2. The molecular formula is C9H10N2O5. The summed E-state index contributed by atoms with van der Waals surface area (Å²) in [6.07, 6.45) is 0.526. The van der Waals surface area contributed by atoms with Gasteiger partial charge in [0, 0.05) is 19.0 Å². The molecule has 1 aromatic rings. The van der Waals surface area contributed by atoms with Crippen LogP contribution in [0.1, 0.15) is 17.0 Å². The summed E-state index contributed by atoms with van der Waals surface area (Å²) in [5, 5.41) is 21.6. The monoisotopic (exact) mass is 226 g/mol. The van der Waals surface area contributed by atoms with E-state index in [0.717, 1.165) is 4.90 Å². The minimum absolute atomic E-state index is 0.00347. The maximum atomic E-state index is 11.8. The number of carbonyl (C=O) groups is 2. The molecule has 86 valence electrons. The minimum Gasteiger partial charge on any atom is -0.480 e. The Labute approximate surface area is 90.3 Å². The van der Waals surface area contributed by atoms with Crippen LogP contribution < -0.4 is 0 Å². The van der Waals surface area contributed by atoms with E-state index < -0.39 is 24.0 Å². The molecular weight excluding hydrogens is 216 g/mol. The van der Waals surface area contributed by atoms with Gasteiger partial charge < -0.3 is 19.6 Å². The second kappa shape index (κ2) is 3.93. The number of likely N-dealkylation sites (tertiary alicyclic amines) is 1. The Morgan fingerprint density at radius 1 is 1.56 bits per heavy atom. The third-order valence-corrected chi connectivity index (χ3v) is 2.47. The van der Waals surface area contributed by atoms with Crippen LogP contribution in [0.15, 0.2) is 16.8 Å². The van der Waals surface area contributed by atoms with Gasteiger partial charge in [-0.2, -0.15) is 0 Å². The number of rotatable bonds is 2. The number of nitrogens with zero attached hydrogens (tertiary/aromatic N) is 2. The van der Waals surface area contributed by atoms with Gasteiger partial charge in [0.1, 0.15) is 6.04 Å². The van der Waals surface area contributed by atoms with Crippen LogP contribution in [0, 0.1) is 0 Å². The van der Waals surface area contributed by atoms with Crippen molar-refractivity contribution < 1.29 is 24.3 Å². The topological polar surface area (TPSA) is 104 Å². The summed E-state index contributed by atoms with van der Waals surface area (Å²) in [6, 6.07) is 0.346. The van der Waals surface area contributed by atoms with Crippen LogP contribution in [0.4, 0.5) is 0 Å². The lowest BCUT2D eigenvalue weighted by Gasteiger charge is -2.19. The predicted octanol–water partition coefficient (Wildman–Crippen LogP) is -0.665. The molecule has 1 aliphatic rings. The van der Waals surface area contributed by atoms with E-state index in [9.17, 15) is 14.7 Å². The largest absolute Gasteiger partial charge is 0.480 e. The van der Waals surface area contributed by atoms with Gasteiger partial charge >= 0.3 is 5.97 Å². The first kappa shape index (κ1) is 10.6. The van der Waals surface area contributed by atoms with Crippen LogP contribution in [-0.4, -0.2) is 50.8 Å². The highest BCUT2D eigenvalue weighted by molar-refractivity contribution is 5.94. The summed E-state index contributed by atoms with van der Waals surface area (Å²) in [7, 11) is 0. The first-order valence-corrected chi connectivity index (χ1v) is 4.72. The Morgan fingerprint density at radius 2 is 2.31 bits per heavy atom. The van der Waals surface area contributed by atoms with Crippen LogP contribution >= 0.6 is 0 Å². The Morgan fingerprint density at radius 3 is 2.88 bits per heavy atom. The number of β-amino-alcohol motifs (C(OH)–C–C–N with tert-alkyl or cyclic N) is 1. The van der Waals surface area contributed by atoms with Crippen LogP contribution in [-0.2, 0) is 4.79 Å². The average Bonchev–Trinajstić information content (AvgIpc) is 2.84. The molecule has 0 aromatic carbocycles. The third kappa shape index (κ3) is 1.76. The van der Waals surface area contributed by atoms with Crippen molar-refractivity contribution in [3.05, 3.63) is 18.0 Å². The number of hydrogen-bond donors (Lipinski definition) is 2. The molecule has 0 radical (unpaired) electrons. The van der Waals surface area contributed by atoms with Gasteiger partial charge in [-0.05, 0) is 0 Å². The molecule has 2 N–H and O–H groups in total. The molecule has 2 heterocycles. The number of amides is 1. The zero-order chi connectivity index (χ0) is 11.7. The summed E-state index contributed by atoms with van der Waals surface area (Å²) >= 11 is 0. The summed E-state index contributed by atoms with van der Waals surface area (Å²) < 4.78 is 4.66. The second-order valence-electron chi connectivity index (χ2n) is 3.58. The van der Waals surface area contributed by atoms with Gasteiger partial charge in [0.15, 0.2) is 0 Å². The van der Waals surface area contributed by atoms with Crippen molar-refractivity contribution in [2.45, 2.75) is 18.6 Å². The minimum atomic E-state index is -1.13. The van der Waals surface area contributed by atoms with Crippen molar-refractivity contribution in [2.75, 3.05) is 6.54 Å². The van der Waals surface area contributed by atoms with E-state index >= 15 is 0 Å². The molecule has 2 unspecified atom stereocenters. The van der Waals surface area contributed by atoms with E-state index in [0.29, 0.717) is 0 Å². The van der Waals surface area contributed by atoms with Crippen molar-refractivity contribution in [1.82, 2.24) is 10.1 Å². The van der Waals surface area contributed by atoms with Gasteiger partial charge in [-0.15, -0.1) is 0 Å². The van der Waals surface area contributed by atoms with Crippen molar-refractivity contribution in [3.63, 3.8) is 0 Å². The highest BCUT2D eigenvalue weighted by Crippen LogP contribution is 2.20. The SMILES string of the molecule is O=C(O)C1CC(O)CN1C(=O)c1ccno1. The number of aliphatic hydroxyl groups excluding tert-OH is 1. The van der Waals surface area contributed by atoms with Crippen molar-refractivity contribution in [1.29, 1.82) is 0 Å². The molecule has 1 aromatic heterocycles. The molecule has 1 amide bonds. The van der Waals surface area contributed by atoms with E-state index in [2.05, 4.69) is 9.68 Å². The number of hydrogen-bond acceptors (Lipinski definition) is 5. The summed E-state index contributed by atoms with van der Waals surface area (Å²) in [6.45, 7) is -0.00347. The van der Waals surface area contributed by atoms with E-state index in [1.54, 1.807) is 0 Å². The van der Waals surface area contributed by atoms with Gasteiger partial charge in [-0.25, -0.2) is 4.79 Å². The molecule has 1 aliphatic heterocycles. The third-order valence-electron chi connectivity index (χ3n) is 2.47. The maximum Gasteiger partial charge on any atom is 0.326 e. The van der Waals surface area contributed by atoms with Gasteiger partial charge in [-0.3, -0.25) is 4.79 Å². The number of carboxylic acid groups (broad SMARTS) is 1. The predicted molar refractivity (Wildman–Crippen MR) is 49.6 cm³/mol. The summed E-state index contributed by atoms with van der Waals surface area (Å²) in [4.78, 5) is 23.7. The Hall–Kier alpha value is -1.89. The highest BCUT2D eigenvalue weighted by atomic mass is 16.5. The van der Waals surface area contributed by atoms with Crippen LogP contribution in [0.2, 0.25) is 0 Å². The summed E-state index contributed by atoms with van der Waals surface area (Å²) in [5.74, 6) is -1.73. The van der Waals surface area contributed by atoms with Crippen LogP contribution in [0.5, 0.6) is 0 Å². The fourth-order valence-electron chi connectivity index (χ4n) is 1.74. The van der Waals surface area contributed by atoms with Crippen molar-refractivity contribution in [2.24, 2.45) is 0 Å². The van der Waals surface area contributed by atoms with Gasteiger partial charge in [0.25, 0.3) is 5.91 Å². The maximum absolute atomic E-state index is 11.8. The van der Waals surface area contributed by atoms with Gasteiger partial charge in [0.2, 0.25) is 5.76 Å². The fourth-order valence-corrected chi connectivity index (χ4v) is 1.74. The van der Waals surface area contributed by atoms with Crippen molar-refractivity contribution in [3.8, 4) is 0 Å². The Balaban J connectivity index is 2.20. The lowest BCUT2D eigenvalue weighted by molar-refractivity contribution is -0.141. The first-order valence-electron chi connectivity index (χ1n) is 4.72. The molecule has 1 fully saturated rings. The smallest absolute Gasteiger partial charge is 0.326 e. The van der Waals surface area contributed by atoms with Crippen molar-refractivity contribution >= 4 is 11.9 Å². The molecule has 16 heavy (non-hydrogen) atoms. The normalized spacial score (nSPS) is 24.7. The molecule has 2 rings (SSSR count). The number of aliphatic hydroxyl groups is 1. The standard InChI is InChI=1S/C9H10N2O5/c12-5-3-6(9(14)15)11(4-5)8(13)7-1-2-10-16-7/h1-2,5-6,12H,3-4H2,(H,14,15). The highest BCUT2D eigenvalue weighted by Gasteiger charge is 2.40. The zero-order valence-corrected chi connectivity index (χ0v) is 8.24. The van der Waals surface area contributed by atoms with Gasteiger partial charge in [-0.1, -0.05) is 5.16 Å². The molecule has 2 atom stereocenters. The zero-order valence-electron chi connectivity index (χ0n) is 8.24. The Bertz CT molecular complexity index is 402. The van der Waals surface area contributed by atoms with E-state index in [1.165, 1.54) is 12.3 Å². The fraction of sp³-hybridized carbons (Fsp3) is 0.444. The molecule has 7 heteroatoms. The number of carbonyl (C=O) groups excluding carboxylic acids is 1. The number of aliphatic carboxylic acids is 1. The molecule has 7 nitrogen and oxygen atoms in total. The molecule has 1 saturated heterocycles. The van der Waals surface area contributed by atoms with E-state index in [-0.39, 0.29) is 18.7 Å². The average molecular weight is 226 g/mol. The second-order valence-corrected chi connectivity index (χ2v) is 3.58. The number of carboxylic acids is 1. The van der Waals surface area contributed by atoms with E-state index in [1.807, 2.05) is 0 Å². The first-order chi connectivity index (χ1) is 7.59. The molecule has 0 saturated carbocycles. The van der Waals surface area contributed by atoms with Crippen LogP contribution in [0.25, 0.3) is 0 Å².